The molecule has 7 atom stereocenters. The van der Waals surface area contributed by atoms with Gasteiger partial charge in [-0.1, -0.05) is 74.4 Å². The summed E-state index contributed by atoms with van der Waals surface area (Å²) in [6, 6.07) is 6.80. The Bertz CT molecular complexity index is 1120. The summed E-state index contributed by atoms with van der Waals surface area (Å²) < 4.78 is 11.6. The van der Waals surface area contributed by atoms with Crippen LogP contribution in [0.4, 0.5) is 0 Å². The van der Waals surface area contributed by atoms with E-state index in [-0.39, 0.29) is 23.7 Å². The molecule has 1 aliphatic heterocycles. The Hall–Kier alpha value is -2.14. The van der Waals surface area contributed by atoms with E-state index >= 15 is 0 Å². The summed E-state index contributed by atoms with van der Waals surface area (Å²) in [6.07, 6.45) is 10.8. The second-order valence-corrected chi connectivity index (χ2v) is 13.2. The van der Waals surface area contributed by atoms with Crippen molar-refractivity contribution in [3.63, 3.8) is 0 Å². The van der Waals surface area contributed by atoms with E-state index in [9.17, 15) is 5.11 Å². The van der Waals surface area contributed by atoms with Crippen molar-refractivity contribution in [1.82, 2.24) is 0 Å². The Kier molecular flexibility index (Phi) is 10.5. The van der Waals surface area contributed by atoms with Crippen LogP contribution in [0.2, 0.25) is 0 Å². The fraction of sp³-hybridized carbons (Fsp3) is 0.600. The van der Waals surface area contributed by atoms with E-state index in [0.717, 1.165) is 25.0 Å². The lowest BCUT2D eigenvalue weighted by Gasteiger charge is -2.32. The van der Waals surface area contributed by atoms with Gasteiger partial charge in [0.1, 0.15) is 6.10 Å². The van der Waals surface area contributed by atoms with Gasteiger partial charge in [-0.15, -0.1) is 0 Å². The maximum Gasteiger partial charge on any atom is 0.184 e. The Balaban J connectivity index is 1.82. The van der Waals surface area contributed by atoms with Gasteiger partial charge >= 0.3 is 0 Å². The first-order chi connectivity index (χ1) is 18.2. The van der Waals surface area contributed by atoms with Gasteiger partial charge in [0.25, 0.3) is 0 Å². The number of benzene rings is 1. The molecule has 1 aromatic rings. The van der Waals surface area contributed by atoms with Gasteiger partial charge in [0, 0.05) is 11.6 Å². The van der Waals surface area contributed by atoms with Gasteiger partial charge in [-0.3, -0.25) is 0 Å². The topological polar surface area (TPSA) is 68.0 Å². The summed E-state index contributed by atoms with van der Waals surface area (Å²) in [6.45, 7) is 21.8. The maximum absolute atomic E-state index is 9.89. The number of hydrogen-bond acceptors (Lipinski definition) is 4. The molecule has 1 heterocycles. The standard InChI is InChI=1S/C35H53NO3/c1-21(19-31(33-34(37)38-33)39-35(8,9)10)11-18-30(36)32(29-17-14-24(4)25(5)20-29)27(7)26(6)28-15-12-22(2)23(3)13-16-28/h12,14-18,20-21,26-27,31-34,37H,11,13,19,36H2,1-10H3/b30-18-. The van der Waals surface area contributed by atoms with Crippen LogP contribution in [0.5, 0.6) is 0 Å². The van der Waals surface area contributed by atoms with Crippen LogP contribution in [0.3, 0.4) is 0 Å². The summed E-state index contributed by atoms with van der Waals surface area (Å²) in [5.41, 5.74) is 15.7. The van der Waals surface area contributed by atoms with Crippen LogP contribution in [-0.4, -0.2) is 29.2 Å². The number of epoxide rings is 1. The van der Waals surface area contributed by atoms with Crippen LogP contribution < -0.4 is 5.73 Å². The number of ether oxygens (including phenoxy) is 2. The van der Waals surface area contributed by atoms with Crippen molar-refractivity contribution in [2.45, 2.75) is 119 Å². The molecule has 4 nitrogen and oxygen atoms in total. The third-order valence-electron chi connectivity index (χ3n) is 8.70. The number of allylic oxidation sites excluding steroid dienone is 8. The third kappa shape index (κ3) is 8.67. The largest absolute Gasteiger partial charge is 0.402 e. The van der Waals surface area contributed by atoms with Gasteiger partial charge in [0.2, 0.25) is 0 Å². The zero-order valence-corrected chi connectivity index (χ0v) is 26.0. The van der Waals surface area contributed by atoms with E-state index < -0.39 is 6.29 Å². The van der Waals surface area contributed by atoms with Crippen LogP contribution in [-0.2, 0) is 9.47 Å². The van der Waals surface area contributed by atoms with Gasteiger partial charge < -0.3 is 20.3 Å². The van der Waals surface area contributed by atoms with Crippen LogP contribution in [0.1, 0.15) is 97.3 Å². The number of aryl methyl sites for hydroxylation is 2. The molecule has 3 N–H and O–H groups in total. The van der Waals surface area contributed by atoms with Crippen LogP contribution in [0.15, 0.2) is 64.9 Å². The first-order valence-electron chi connectivity index (χ1n) is 14.8. The Morgan fingerprint density at radius 1 is 1.10 bits per heavy atom. The minimum Gasteiger partial charge on any atom is -0.402 e. The average Bonchev–Trinajstić information content (AvgIpc) is 3.61. The lowest BCUT2D eigenvalue weighted by molar-refractivity contribution is -0.0786. The molecule has 1 aliphatic carbocycles. The molecule has 0 bridgehead atoms. The van der Waals surface area contributed by atoms with Crippen LogP contribution >= 0.6 is 0 Å². The minimum absolute atomic E-state index is 0.120. The fourth-order valence-electron chi connectivity index (χ4n) is 5.60. The second kappa shape index (κ2) is 13.0. The molecule has 0 radical (unpaired) electrons. The summed E-state index contributed by atoms with van der Waals surface area (Å²) in [5, 5.41) is 9.89. The highest BCUT2D eigenvalue weighted by Crippen LogP contribution is 2.39. The average molecular weight is 536 g/mol. The monoisotopic (exact) mass is 535 g/mol. The van der Waals surface area contributed by atoms with Crippen molar-refractivity contribution < 1.29 is 14.6 Å². The number of nitrogens with two attached hydrogens (primary N) is 1. The maximum atomic E-state index is 9.89. The number of hydrogen-bond donors (Lipinski definition) is 2. The molecule has 216 valence electrons. The first kappa shape index (κ1) is 31.4. The van der Waals surface area contributed by atoms with Gasteiger partial charge in [0.05, 0.1) is 11.7 Å². The molecule has 3 rings (SSSR count). The summed E-state index contributed by atoms with van der Waals surface area (Å²) in [7, 11) is 0. The van der Waals surface area contributed by atoms with Gasteiger partial charge in [-0.25, -0.2) is 0 Å². The van der Waals surface area contributed by atoms with Gasteiger partial charge in [-0.05, 0) is 108 Å². The minimum atomic E-state index is -0.711. The molecule has 0 amide bonds. The van der Waals surface area contributed by atoms with Crippen molar-refractivity contribution in [1.29, 1.82) is 0 Å². The molecular weight excluding hydrogens is 482 g/mol. The Labute approximate surface area is 238 Å². The summed E-state index contributed by atoms with van der Waals surface area (Å²) >= 11 is 0. The smallest absolute Gasteiger partial charge is 0.184 e. The molecule has 2 aliphatic rings. The number of aliphatic hydroxyl groups excluding tert-OH is 1. The molecule has 0 saturated carbocycles. The molecule has 1 fully saturated rings. The quantitative estimate of drug-likeness (QED) is 0.281. The van der Waals surface area contributed by atoms with Gasteiger partial charge in [0.15, 0.2) is 6.29 Å². The predicted octanol–water partition coefficient (Wildman–Crippen LogP) is 8.04. The molecule has 39 heavy (non-hydrogen) atoms. The SMILES string of the molecule is CC1=C(C)CC=C(C(C)C(C)C(/C(N)=C/CC(C)CC(OC(C)(C)C)C2OC2O)c2ccc(C)c(C)c2)C=C1. The number of aliphatic hydroxyl groups is 1. The van der Waals surface area contributed by atoms with E-state index in [1.807, 2.05) is 20.8 Å². The van der Waals surface area contributed by atoms with Crippen molar-refractivity contribution in [3.8, 4) is 0 Å². The molecule has 1 saturated heterocycles. The molecule has 0 aromatic heterocycles. The van der Waals surface area contributed by atoms with Crippen molar-refractivity contribution >= 4 is 0 Å². The van der Waals surface area contributed by atoms with Crippen molar-refractivity contribution in [2.24, 2.45) is 23.5 Å². The fourth-order valence-corrected chi connectivity index (χ4v) is 5.60. The molecule has 7 unspecified atom stereocenters. The number of rotatable bonds is 11. The summed E-state index contributed by atoms with van der Waals surface area (Å²) in [4.78, 5) is 0. The van der Waals surface area contributed by atoms with Crippen LogP contribution in [0, 0.1) is 31.6 Å². The van der Waals surface area contributed by atoms with E-state index in [1.165, 1.54) is 33.4 Å². The van der Waals surface area contributed by atoms with E-state index in [0.29, 0.717) is 17.8 Å². The molecular formula is C35H53NO3. The highest BCUT2D eigenvalue weighted by atomic mass is 16.7. The first-order valence-corrected chi connectivity index (χ1v) is 14.8. The second-order valence-electron chi connectivity index (χ2n) is 13.2. The highest BCUT2D eigenvalue weighted by molar-refractivity contribution is 5.39. The van der Waals surface area contributed by atoms with E-state index in [1.54, 1.807) is 0 Å². The zero-order valence-electron chi connectivity index (χ0n) is 26.0. The Morgan fingerprint density at radius 3 is 2.36 bits per heavy atom. The lowest BCUT2D eigenvalue weighted by Crippen LogP contribution is -2.33. The molecule has 4 heteroatoms. The van der Waals surface area contributed by atoms with Crippen molar-refractivity contribution in [2.75, 3.05) is 0 Å². The predicted molar refractivity (Wildman–Crippen MR) is 163 cm³/mol. The highest BCUT2D eigenvalue weighted by Gasteiger charge is 2.46. The van der Waals surface area contributed by atoms with Crippen LogP contribution in [0.25, 0.3) is 0 Å². The summed E-state index contributed by atoms with van der Waals surface area (Å²) in [5.74, 6) is 1.13. The normalized spacial score (nSPS) is 24.1. The van der Waals surface area contributed by atoms with Gasteiger partial charge in [-0.2, -0.15) is 0 Å². The third-order valence-corrected chi connectivity index (χ3v) is 8.70. The van der Waals surface area contributed by atoms with E-state index in [4.69, 9.17) is 15.2 Å². The molecule has 1 aromatic carbocycles. The molecule has 0 spiro atoms. The zero-order chi connectivity index (χ0) is 29.1. The Morgan fingerprint density at radius 2 is 1.77 bits per heavy atom. The lowest BCUT2D eigenvalue weighted by atomic mass is 9.74. The van der Waals surface area contributed by atoms with E-state index in [2.05, 4.69) is 91.0 Å². The van der Waals surface area contributed by atoms with Crippen molar-refractivity contribution in [3.05, 3.63) is 81.6 Å².